The smallest absolute Gasteiger partial charge is 0.286 e. The number of halogens is 3. The predicted octanol–water partition coefficient (Wildman–Crippen LogP) is 2.72. The molecule has 2 rings (SSSR count). The molecule has 0 fully saturated rings. The van der Waals surface area contributed by atoms with Gasteiger partial charge in [0, 0.05) is 6.07 Å². The van der Waals surface area contributed by atoms with Crippen molar-refractivity contribution in [2.75, 3.05) is 5.32 Å². The molecular formula is C9H4ClF2N3OS. The minimum absolute atomic E-state index is 0.00118. The number of benzene rings is 1. The first-order valence-corrected chi connectivity index (χ1v) is 5.51. The van der Waals surface area contributed by atoms with E-state index in [1.165, 1.54) is 0 Å². The highest BCUT2D eigenvalue weighted by atomic mass is 35.5. The molecule has 0 saturated carbocycles. The molecule has 88 valence electrons. The maximum Gasteiger partial charge on any atom is 0.286 e. The van der Waals surface area contributed by atoms with Gasteiger partial charge in [0.2, 0.25) is 9.47 Å². The van der Waals surface area contributed by atoms with Gasteiger partial charge in [0.15, 0.2) is 0 Å². The van der Waals surface area contributed by atoms with Gasteiger partial charge in [-0.25, -0.2) is 8.78 Å². The van der Waals surface area contributed by atoms with Gasteiger partial charge in [0.25, 0.3) is 5.91 Å². The zero-order valence-electron chi connectivity index (χ0n) is 8.08. The van der Waals surface area contributed by atoms with Gasteiger partial charge in [-0.3, -0.25) is 4.79 Å². The topological polar surface area (TPSA) is 54.9 Å². The first-order chi connectivity index (χ1) is 8.06. The predicted molar refractivity (Wildman–Crippen MR) is 59.2 cm³/mol. The van der Waals surface area contributed by atoms with Crippen LogP contribution >= 0.6 is 22.9 Å². The molecule has 0 saturated heterocycles. The van der Waals surface area contributed by atoms with Crippen LogP contribution in [-0.2, 0) is 0 Å². The second-order valence-corrected chi connectivity index (χ2v) is 4.50. The third-order valence-electron chi connectivity index (χ3n) is 1.77. The summed E-state index contributed by atoms with van der Waals surface area (Å²) in [4.78, 5) is 11.5. The largest absolute Gasteiger partial charge is 0.317 e. The highest BCUT2D eigenvalue weighted by Crippen LogP contribution is 2.19. The molecule has 0 unspecified atom stereocenters. The molecule has 0 aliphatic heterocycles. The summed E-state index contributed by atoms with van der Waals surface area (Å²) in [7, 11) is 0. The minimum Gasteiger partial charge on any atom is -0.317 e. The van der Waals surface area contributed by atoms with Gasteiger partial charge in [0.05, 0.1) is 5.69 Å². The first-order valence-electron chi connectivity index (χ1n) is 4.31. The maximum absolute atomic E-state index is 13.2. The number of aromatic nitrogens is 2. The Labute approximate surface area is 103 Å². The fraction of sp³-hybridized carbons (Fsp3) is 0. The van der Waals surface area contributed by atoms with Crippen molar-refractivity contribution in [1.82, 2.24) is 10.2 Å². The van der Waals surface area contributed by atoms with Crippen LogP contribution in [0.5, 0.6) is 0 Å². The number of carbonyl (C=O) groups excluding carboxylic acids is 1. The summed E-state index contributed by atoms with van der Waals surface area (Å²) < 4.78 is 25.9. The number of anilines is 1. The van der Waals surface area contributed by atoms with Crippen molar-refractivity contribution in [3.05, 3.63) is 39.3 Å². The number of amides is 1. The Morgan fingerprint density at radius 3 is 2.71 bits per heavy atom. The van der Waals surface area contributed by atoms with Gasteiger partial charge in [-0.1, -0.05) is 11.3 Å². The molecule has 1 N–H and O–H groups in total. The standard InChI is InChI=1S/C9H4ClF2N3OS/c10-9-15-14-8(17-9)7(16)13-6-2-1-4(11)3-5(6)12/h1-3H,(H,13,16). The van der Waals surface area contributed by atoms with E-state index in [0.717, 1.165) is 23.5 Å². The lowest BCUT2D eigenvalue weighted by Crippen LogP contribution is -2.12. The number of rotatable bonds is 2. The fourth-order valence-electron chi connectivity index (χ4n) is 1.06. The molecule has 0 bridgehead atoms. The Hall–Kier alpha value is -1.60. The molecular weight excluding hydrogens is 272 g/mol. The number of hydrogen-bond acceptors (Lipinski definition) is 4. The number of carbonyl (C=O) groups is 1. The molecule has 1 amide bonds. The van der Waals surface area contributed by atoms with Crippen molar-refractivity contribution in [2.45, 2.75) is 0 Å². The average molecular weight is 276 g/mol. The molecule has 0 atom stereocenters. The Morgan fingerprint density at radius 1 is 1.35 bits per heavy atom. The molecule has 1 aromatic carbocycles. The van der Waals surface area contributed by atoms with Crippen LogP contribution < -0.4 is 5.32 Å². The van der Waals surface area contributed by atoms with Crippen LogP contribution in [0.1, 0.15) is 9.80 Å². The van der Waals surface area contributed by atoms with E-state index in [1.807, 2.05) is 0 Å². The van der Waals surface area contributed by atoms with E-state index >= 15 is 0 Å². The normalized spacial score (nSPS) is 10.3. The summed E-state index contributed by atoms with van der Waals surface area (Å²) in [5.74, 6) is -2.24. The van der Waals surface area contributed by atoms with Crippen LogP contribution in [0, 0.1) is 11.6 Å². The summed E-state index contributed by atoms with van der Waals surface area (Å²) in [6.07, 6.45) is 0. The van der Waals surface area contributed by atoms with Crippen molar-refractivity contribution in [2.24, 2.45) is 0 Å². The SMILES string of the molecule is O=C(Nc1ccc(F)cc1F)c1nnc(Cl)s1. The summed E-state index contributed by atoms with van der Waals surface area (Å²) in [6, 6.07) is 2.82. The quantitative estimate of drug-likeness (QED) is 0.917. The van der Waals surface area contributed by atoms with Crippen LogP contribution in [-0.4, -0.2) is 16.1 Å². The third kappa shape index (κ3) is 2.75. The molecule has 17 heavy (non-hydrogen) atoms. The van der Waals surface area contributed by atoms with E-state index in [4.69, 9.17) is 11.6 Å². The van der Waals surface area contributed by atoms with Gasteiger partial charge in [-0.05, 0) is 23.7 Å². The second-order valence-electron chi connectivity index (χ2n) is 2.94. The van der Waals surface area contributed by atoms with E-state index < -0.39 is 17.5 Å². The molecule has 0 spiro atoms. The van der Waals surface area contributed by atoms with Crippen LogP contribution in [0.2, 0.25) is 4.47 Å². The zero-order valence-corrected chi connectivity index (χ0v) is 9.65. The number of nitrogens with one attached hydrogen (secondary N) is 1. The van der Waals surface area contributed by atoms with Gasteiger partial charge in [0.1, 0.15) is 11.6 Å². The average Bonchev–Trinajstić information content (AvgIpc) is 2.69. The fourth-order valence-corrected chi connectivity index (χ4v) is 1.79. The molecule has 4 nitrogen and oxygen atoms in total. The van der Waals surface area contributed by atoms with Gasteiger partial charge in [-0.2, -0.15) is 0 Å². The molecule has 1 heterocycles. The van der Waals surface area contributed by atoms with E-state index in [2.05, 4.69) is 15.5 Å². The van der Waals surface area contributed by atoms with Crippen molar-refractivity contribution < 1.29 is 13.6 Å². The molecule has 0 radical (unpaired) electrons. The summed E-state index contributed by atoms with van der Waals surface area (Å²) in [5.41, 5.74) is -0.136. The monoisotopic (exact) mass is 275 g/mol. The highest BCUT2D eigenvalue weighted by Gasteiger charge is 2.14. The van der Waals surface area contributed by atoms with E-state index in [1.54, 1.807) is 0 Å². The second kappa shape index (κ2) is 4.72. The first kappa shape index (κ1) is 11.9. The number of nitrogens with zero attached hydrogens (tertiary/aromatic N) is 2. The Morgan fingerprint density at radius 2 is 2.12 bits per heavy atom. The summed E-state index contributed by atoms with van der Waals surface area (Å²) in [6.45, 7) is 0. The molecule has 8 heteroatoms. The van der Waals surface area contributed by atoms with Crippen LogP contribution in [0.15, 0.2) is 18.2 Å². The molecule has 0 aliphatic rings. The number of hydrogen-bond donors (Lipinski definition) is 1. The maximum atomic E-state index is 13.2. The van der Waals surface area contributed by atoms with Crippen molar-refractivity contribution in [3.63, 3.8) is 0 Å². The summed E-state index contributed by atoms with van der Waals surface area (Å²) in [5, 5.41) is 9.16. The molecule has 2 aromatic rings. The van der Waals surface area contributed by atoms with Gasteiger partial charge < -0.3 is 5.32 Å². The molecule has 0 aliphatic carbocycles. The third-order valence-corrected chi connectivity index (χ3v) is 2.79. The van der Waals surface area contributed by atoms with Gasteiger partial charge >= 0.3 is 0 Å². The van der Waals surface area contributed by atoms with Crippen molar-refractivity contribution in [1.29, 1.82) is 0 Å². The van der Waals surface area contributed by atoms with Crippen molar-refractivity contribution in [3.8, 4) is 0 Å². The van der Waals surface area contributed by atoms with E-state index in [-0.39, 0.29) is 15.2 Å². The van der Waals surface area contributed by atoms with Crippen LogP contribution in [0.25, 0.3) is 0 Å². The molecule has 1 aromatic heterocycles. The lowest BCUT2D eigenvalue weighted by Gasteiger charge is -2.03. The van der Waals surface area contributed by atoms with Crippen molar-refractivity contribution >= 4 is 34.5 Å². The lowest BCUT2D eigenvalue weighted by atomic mass is 10.3. The Kier molecular flexibility index (Phi) is 3.30. The van der Waals surface area contributed by atoms with Crippen LogP contribution in [0.3, 0.4) is 0 Å². The zero-order chi connectivity index (χ0) is 12.4. The minimum atomic E-state index is -0.867. The van der Waals surface area contributed by atoms with Crippen LogP contribution in [0.4, 0.5) is 14.5 Å². The van der Waals surface area contributed by atoms with Gasteiger partial charge in [-0.15, -0.1) is 10.2 Å². The Balaban J connectivity index is 2.18. The van der Waals surface area contributed by atoms with E-state index in [0.29, 0.717) is 6.07 Å². The van der Waals surface area contributed by atoms with E-state index in [9.17, 15) is 13.6 Å². The Bertz CT molecular complexity index is 575. The summed E-state index contributed by atoms with van der Waals surface area (Å²) >= 11 is 6.36. The highest BCUT2D eigenvalue weighted by molar-refractivity contribution is 7.17. The lowest BCUT2D eigenvalue weighted by molar-refractivity contribution is 0.102.